The lowest BCUT2D eigenvalue weighted by molar-refractivity contribution is -0.192. The minimum atomic E-state index is -1.99. The van der Waals surface area contributed by atoms with Crippen LogP contribution >= 0.6 is 0 Å². The van der Waals surface area contributed by atoms with Crippen LogP contribution in [0.3, 0.4) is 0 Å². The first-order valence-corrected chi connectivity index (χ1v) is 7.26. The van der Waals surface area contributed by atoms with Gasteiger partial charge in [0.2, 0.25) is 0 Å². The van der Waals surface area contributed by atoms with E-state index in [1.54, 1.807) is 0 Å². The Hall–Kier alpha value is -2.49. The number of hydrogen-bond donors (Lipinski definition) is 1. The summed E-state index contributed by atoms with van der Waals surface area (Å²) in [6.45, 7) is 3.49. The van der Waals surface area contributed by atoms with Crippen molar-refractivity contribution in [3.8, 4) is 0 Å². The van der Waals surface area contributed by atoms with Gasteiger partial charge in [0.25, 0.3) is 0 Å². The Labute approximate surface area is 142 Å². The maximum Gasteiger partial charge on any atom is 0.303 e. The Bertz CT molecular complexity index is 598. The van der Waals surface area contributed by atoms with E-state index < -0.39 is 66.3 Å². The van der Waals surface area contributed by atoms with Crippen molar-refractivity contribution in [3.05, 3.63) is 11.4 Å². The van der Waals surface area contributed by atoms with Gasteiger partial charge in [-0.2, -0.15) is 0 Å². The van der Waals surface area contributed by atoms with E-state index in [2.05, 4.69) is 0 Å². The van der Waals surface area contributed by atoms with Gasteiger partial charge in [-0.3, -0.25) is 19.2 Å². The highest BCUT2D eigenvalue weighted by Crippen LogP contribution is 2.33. The number of hydrogen-bond acceptors (Lipinski definition) is 9. The summed E-state index contributed by atoms with van der Waals surface area (Å²) < 4.78 is 34.0. The molecule has 0 heterocycles. The van der Waals surface area contributed by atoms with Crippen LogP contribution in [-0.4, -0.2) is 60.0 Å². The van der Waals surface area contributed by atoms with E-state index in [9.17, 15) is 28.7 Å². The van der Waals surface area contributed by atoms with Crippen LogP contribution in [0.2, 0.25) is 0 Å². The Balaban J connectivity index is 3.36. The molecule has 0 saturated carbocycles. The summed E-state index contributed by atoms with van der Waals surface area (Å²) in [5.74, 6) is -4.53. The van der Waals surface area contributed by atoms with Crippen LogP contribution in [0.4, 0.5) is 4.39 Å². The largest absolute Gasteiger partial charge is 0.461 e. The SMILES string of the molecule is CC(=O)OCC1=C(F)[C@H](O)[C@H](OC(C)=O)[C@@H](OC(C)=O)[C@H]1OC(C)=O. The van der Waals surface area contributed by atoms with Gasteiger partial charge in [0, 0.05) is 33.3 Å². The highest BCUT2D eigenvalue weighted by molar-refractivity contribution is 5.69. The molecule has 0 fully saturated rings. The molecule has 0 aromatic heterocycles. The molecule has 0 amide bonds. The fraction of sp³-hybridized carbons (Fsp3) is 0.600. The molecule has 10 heteroatoms. The lowest BCUT2D eigenvalue weighted by atomic mass is 9.88. The Morgan fingerprint density at radius 2 is 1.36 bits per heavy atom. The molecule has 0 radical (unpaired) electrons. The van der Waals surface area contributed by atoms with E-state index >= 15 is 0 Å². The molecule has 0 unspecified atom stereocenters. The summed E-state index contributed by atoms with van der Waals surface area (Å²) in [5.41, 5.74) is -0.410. The van der Waals surface area contributed by atoms with Crippen molar-refractivity contribution in [3.63, 3.8) is 0 Å². The van der Waals surface area contributed by atoms with Crippen molar-refractivity contribution in [2.75, 3.05) is 6.61 Å². The minimum absolute atomic E-state index is 0.410. The third kappa shape index (κ3) is 5.52. The fourth-order valence-electron chi connectivity index (χ4n) is 2.31. The number of aliphatic hydroxyl groups excluding tert-OH is 1. The predicted octanol–water partition coefficient (Wildman–Crippen LogP) is -0.0573. The van der Waals surface area contributed by atoms with Crippen LogP contribution in [0.5, 0.6) is 0 Å². The van der Waals surface area contributed by atoms with Crippen molar-refractivity contribution in [2.45, 2.75) is 52.1 Å². The maximum atomic E-state index is 14.5. The van der Waals surface area contributed by atoms with E-state index in [4.69, 9.17) is 18.9 Å². The van der Waals surface area contributed by atoms with Gasteiger partial charge in [-0.05, 0) is 0 Å². The number of carbonyl (C=O) groups is 4. The fourth-order valence-corrected chi connectivity index (χ4v) is 2.31. The van der Waals surface area contributed by atoms with E-state index in [1.807, 2.05) is 0 Å². The molecular formula is C15H19FO9. The van der Waals surface area contributed by atoms with Gasteiger partial charge in [0.05, 0.1) is 0 Å². The predicted molar refractivity (Wildman–Crippen MR) is 77.4 cm³/mol. The number of rotatable bonds is 5. The molecule has 4 atom stereocenters. The molecule has 140 valence electrons. The topological polar surface area (TPSA) is 125 Å². The zero-order chi connectivity index (χ0) is 19.3. The summed E-state index contributed by atoms with van der Waals surface area (Å²) in [4.78, 5) is 44.9. The quantitative estimate of drug-likeness (QED) is 0.529. The Kier molecular flexibility index (Phi) is 7.04. The number of esters is 4. The minimum Gasteiger partial charge on any atom is -0.461 e. The summed E-state index contributed by atoms with van der Waals surface area (Å²) in [7, 11) is 0. The van der Waals surface area contributed by atoms with Gasteiger partial charge in [-0.25, -0.2) is 4.39 Å². The molecule has 0 bridgehead atoms. The van der Waals surface area contributed by atoms with E-state index in [1.165, 1.54) is 0 Å². The van der Waals surface area contributed by atoms with Crippen LogP contribution in [-0.2, 0) is 38.1 Å². The van der Waals surface area contributed by atoms with Gasteiger partial charge in [0.1, 0.15) is 18.5 Å². The maximum absolute atomic E-state index is 14.5. The van der Waals surface area contributed by atoms with Crippen LogP contribution in [0.25, 0.3) is 0 Å². The zero-order valence-corrected chi connectivity index (χ0v) is 14.1. The first-order valence-electron chi connectivity index (χ1n) is 7.26. The number of aliphatic hydroxyl groups is 1. The second-order valence-electron chi connectivity index (χ2n) is 5.28. The molecule has 0 aromatic carbocycles. The van der Waals surface area contributed by atoms with E-state index in [-0.39, 0.29) is 0 Å². The monoisotopic (exact) mass is 362 g/mol. The summed E-state index contributed by atoms with van der Waals surface area (Å²) in [6.07, 6.45) is -6.71. The molecule has 9 nitrogen and oxygen atoms in total. The highest BCUT2D eigenvalue weighted by atomic mass is 19.1. The normalized spacial score (nSPS) is 25.8. The van der Waals surface area contributed by atoms with Crippen LogP contribution < -0.4 is 0 Å². The van der Waals surface area contributed by atoms with Gasteiger partial charge in [-0.15, -0.1) is 0 Å². The molecule has 1 N–H and O–H groups in total. The van der Waals surface area contributed by atoms with Gasteiger partial charge >= 0.3 is 23.9 Å². The molecule has 0 spiro atoms. The standard InChI is InChI=1S/C15H19FO9/c1-6(17)22-5-10-11(16)12(21)14(24-8(3)19)15(25-9(4)20)13(10)23-7(2)18/h12-15,21H,5H2,1-4H3/t12-,13-,14-,15-/m0/s1. The number of carbonyl (C=O) groups excluding carboxylic acids is 4. The molecule has 0 saturated heterocycles. The molecule has 0 aliphatic heterocycles. The van der Waals surface area contributed by atoms with Gasteiger partial charge < -0.3 is 24.1 Å². The average molecular weight is 362 g/mol. The van der Waals surface area contributed by atoms with E-state index in [0.717, 1.165) is 27.7 Å². The summed E-state index contributed by atoms with van der Waals surface area (Å²) >= 11 is 0. The smallest absolute Gasteiger partial charge is 0.303 e. The van der Waals surface area contributed by atoms with Crippen molar-refractivity contribution in [2.24, 2.45) is 0 Å². The molecule has 1 rings (SSSR count). The van der Waals surface area contributed by atoms with Gasteiger partial charge in [0.15, 0.2) is 18.3 Å². The third-order valence-corrected chi connectivity index (χ3v) is 3.17. The lowest BCUT2D eigenvalue weighted by Crippen LogP contribution is -2.55. The van der Waals surface area contributed by atoms with Crippen molar-refractivity contribution < 1.29 is 47.6 Å². The average Bonchev–Trinajstić information content (AvgIpc) is 2.46. The number of ether oxygens (including phenoxy) is 4. The second kappa shape index (κ2) is 8.56. The summed E-state index contributed by atoms with van der Waals surface area (Å²) in [5, 5.41) is 10.1. The zero-order valence-electron chi connectivity index (χ0n) is 14.1. The first kappa shape index (κ1) is 20.6. The molecule has 1 aliphatic rings. The van der Waals surface area contributed by atoms with Crippen molar-refractivity contribution in [1.29, 1.82) is 0 Å². The second-order valence-corrected chi connectivity index (χ2v) is 5.28. The van der Waals surface area contributed by atoms with Crippen LogP contribution in [0.1, 0.15) is 27.7 Å². The molecule has 25 heavy (non-hydrogen) atoms. The van der Waals surface area contributed by atoms with Crippen molar-refractivity contribution >= 4 is 23.9 Å². The van der Waals surface area contributed by atoms with Crippen LogP contribution in [0, 0.1) is 0 Å². The van der Waals surface area contributed by atoms with E-state index in [0.29, 0.717) is 0 Å². The summed E-state index contributed by atoms with van der Waals surface area (Å²) in [6, 6.07) is 0. The lowest BCUT2D eigenvalue weighted by Gasteiger charge is -2.39. The molecule has 1 aliphatic carbocycles. The van der Waals surface area contributed by atoms with Gasteiger partial charge in [-0.1, -0.05) is 0 Å². The molecular weight excluding hydrogens is 343 g/mol. The highest BCUT2D eigenvalue weighted by Gasteiger charge is 2.50. The Morgan fingerprint density at radius 1 is 0.880 bits per heavy atom. The third-order valence-electron chi connectivity index (χ3n) is 3.17. The first-order chi connectivity index (χ1) is 11.5. The molecule has 0 aromatic rings. The van der Waals surface area contributed by atoms with Crippen molar-refractivity contribution in [1.82, 2.24) is 0 Å². The Morgan fingerprint density at radius 3 is 1.80 bits per heavy atom. The van der Waals surface area contributed by atoms with Crippen LogP contribution in [0.15, 0.2) is 11.4 Å². The number of halogens is 1.